The average Bonchev–Trinajstić information content (AvgIpc) is 3.97. The zero-order valence-electron chi connectivity index (χ0n) is 33.6. The maximum Gasteiger partial charge on any atom is 0.164 e. The van der Waals surface area contributed by atoms with Gasteiger partial charge in [0.05, 0.1) is 16.4 Å². The highest BCUT2D eigenvalue weighted by Gasteiger charge is 2.51. The van der Waals surface area contributed by atoms with Crippen molar-refractivity contribution in [2.24, 2.45) is 0 Å². The van der Waals surface area contributed by atoms with Crippen LogP contribution >= 0.6 is 0 Å². The maximum absolute atomic E-state index is 5.29. The van der Waals surface area contributed by atoms with Gasteiger partial charge in [-0.05, 0) is 79.9 Å². The first-order chi connectivity index (χ1) is 30.8. The fraction of sp³-hybridized carbons (Fsp3) is 0.0172. The molecule has 0 saturated carbocycles. The van der Waals surface area contributed by atoms with Crippen molar-refractivity contribution in [3.05, 3.63) is 241 Å². The van der Waals surface area contributed by atoms with Crippen molar-refractivity contribution in [1.29, 1.82) is 0 Å². The Morgan fingerprint density at radius 1 is 0.306 bits per heavy atom. The lowest BCUT2D eigenvalue weighted by molar-refractivity contribution is 0.794. The predicted octanol–water partition coefficient (Wildman–Crippen LogP) is 14.0. The fourth-order valence-corrected chi connectivity index (χ4v) is 10.6. The molecule has 13 rings (SSSR count). The molecule has 4 heteroatoms. The highest BCUT2D eigenvalue weighted by atomic mass is 15.0. The van der Waals surface area contributed by atoms with Crippen LogP contribution in [-0.4, -0.2) is 19.5 Å². The largest absolute Gasteiger partial charge is 0.309 e. The Labute approximate surface area is 359 Å². The molecule has 62 heavy (non-hydrogen) atoms. The van der Waals surface area contributed by atoms with Gasteiger partial charge in [0.1, 0.15) is 0 Å². The van der Waals surface area contributed by atoms with Crippen LogP contribution in [0.3, 0.4) is 0 Å². The molecule has 288 valence electrons. The van der Waals surface area contributed by atoms with E-state index in [0.717, 1.165) is 49.7 Å². The molecule has 0 N–H and O–H groups in total. The molecule has 0 amide bonds. The summed E-state index contributed by atoms with van der Waals surface area (Å²) >= 11 is 0. The highest BCUT2D eigenvalue weighted by Crippen LogP contribution is 2.63. The molecule has 0 fully saturated rings. The van der Waals surface area contributed by atoms with E-state index in [0.29, 0.717) is 17.5 Å². The van der Waals surface area contributed by atoms with Crippen LogP contribution in [0.15, 0.2) is 218 Å². The molecule has 0 saturated heterocycles. The number of rotatable bonds is 5. The molecule has 4 nitrogen and oxygen atoms in total. The van der Waals surface area contributed by atoms with Crippen molar-refractivity contribution in [2.45, 2.75) is 5.41 Å². The molecule has 11 aromatic rings. The molecule has 2 aliphatic rings. The molecule has 2 heterocycles. The topological polar surface area (TPSA) is 43.6 Å². The second-order valence-corrected chi connectivity index (χ2v) is 16.3. The summed E-state index contributed by atoms with van der Waals surface area (Å²) in [4.78, 5) is 15.6. The maximum atomic E-state index is 5.29. The second kappa shape index (κ2) is 13.4. The number of fused-ring (bicyclic) bond motifs is 13. The summed E-state index contributed by atoms with van der Waals surface area (Å²) in [7, 11) is 0. The number of hydrogen-bond donors (Lipinski definition) is 0. The van der Waals surface area contributed by atoms with Gasteiger partial charge in [-0.15, -0.1) is 0 Å². The van der Waals surface area contributed by atoms with Gasteiger partial charge in [0.25, 0.3) is 0 Å². The summed E-state index contributed by atoms with van der Waals surface area (Å²) in [5.41, 5.74) is 18.7. The van der Waals surface area contributed by atoms with Crippen molar-refractivity contribution in [3.8, 4) is 73.2 Å². The van der Waals surface area contributed by atoms with E-state index in [1.54, 1.807) is 0 Å². The number of aromatic nitrogens is 4. The van der Waals surface area contributed by atoms with Crippen LogP contribution in [0.1, 0.15) is 22.3 Å². The van der Waals surface area contributed by atoms with Gasteiger partial charge in [-0.3, -0.25) is 0 Å². The standard InChI is InChI=1S/C58H36N4/c1-3-17-38(18-4-1)55-59-56(61-57(60-55)46-26-16-32-52-54(46)45-24-10-14-31-51(45)62(52)40-19-5-2-6-20-40)39-35-33-37(34-36-39)41-25-15-30-50-53(41)44-23-9-13-29-49(44)58(50)47-27-11-7-21-42(47)43-22-8-12-28-48(43)58/h1-36H. The Morgan fingerprint density at radius 3 is 1.48 bits per heavy atom. The van der Waals surface area contributed by atoms with E-state index < -0.39 is 0 Å². The summed E-state index contributed by atoms with van der Waals surface area (Å²) < 4.78 is 2.33. The van der Waals surface area contributed by atoms with Crippen LogP contribution in [0.4, 0.5) is 0 Å². The lowest BCUT2D eigenvalue weighted by Gasteiger charge is -2.30. The quantitative estimate of drug-likeness (QED) is 0.174. The third-order valence-corrected chi connectivity index (χ3v) is 13.1. The molecule has 0 radical (unpaired) electrons. The Hall–Kier alpha value is -8.21. The number of hydrogen-bond acceptors (Lipinski definition) is 3. The van der Waals surface area contributed by atoms with E-state index in [1.165, 1.54) is 50.1 Å². The number of nitrogens with zero attached hydrogens (tertiary/aromatic N) is 4. The first-order valence-corrected chi connectivity index (χ1v) is 21.2. The lowest BCUT2D eigenvalue weighted by atomic mass is 9.70. The summed E-state index contributed by atoms with van der Waals surface area (Å²) in [6.45, 7) is 0. The SMILES string of the molecule is c1ccc(-c2nc(-c3ccc(-c4cccc5c4-c4ccccc4C54c5ccccc5-c5ccccc54)cc3)nc(-c3cccc4c3c3ccccc3n4-c3ccccc3)n2)cc1. The number of para-hydroxylation sites is 2. The Kier molecular flexibility index (Phi) is 7.49. The minimum atomic E-state index is -0.388. The average molecular weight is 789 g/mol. The normalized spacial score (nSPS) is 13.0. The molecule has 2 aliphatic carbocycles. The van der Waals surface area contributed by atoms with Crippen molar-refractivity contribution >= 4 is 21.8 Å². The van der Waals surface area contributed by atoms with E-state index in [2.05, 4.69) is 205 Å². The minimum absolute atomic E-state index is 0.388. The number of benzene rings is 9. The van der Waals surface area contributed by atoms with Gasteiger partial charge >= 0.3 is 0 Å². The van der Waals surface area contributed by atoms with E-state index in [9.17, 15) is 0 Å². The molecule has 0 bridgehead atoms. The van der Waals surface area contributed by atoms with Gasteiger partial charge in [0.15, 0.2) is 17.5 Å². The summed E-state index contributed by atoms with van der Waals surface area (Å²) in [5.74, 6) is 1.91. The Morgan fingerprint density at radius 2 is 0.774 bits per heavy atom. The smallest absolute Gasteiger partial charge is 0.164 e. The Bertz CT molecular complexity index is 3520. The van der Waals surface area contributed by atoms with Crippen LogP contribution in [0.5, 0.6) is 0 Å². The minimum Gasteiger partial charge on any atom is -0.309 e. The highest BCUT2D eigenvalue weighted by molar-refractivity contribution is 6.15. The molecule has 2 aromatic heterocycles. The molecule has 0 unspecified atom stereocenters. The van der Waals surface area contributed by atoms with Crippen LogP contribution in [0.2, 0.25) is 0 Å². The molecule has 0 aliphatic heterocycles. The van der Waals surface area contributed by atoms with Gasteiger partial charge in [-0.2, -0.15) is 0 Å². The van der Waals surface area contributed by atoms with Gasteiger partial charge < -0.3 is 4.57 Å². The van der Waals surface area contributed by atoms with Gasteiger partial charge in [0, 0.05) is 33.2 Å². The first kappa shape index (κ1) is 34.6. The summed E-state index contributed by atoms with van der Waals surface area (Å²) in [6, 6.07) is 78.4. The fourth-order valence-electron chi connectivity index (χ4n) is 10.6. The Balaban J connectivity index is 0.976. The van der Waals surface area contributed by atoms with Crippen molar-refractivity contribution in [2.75, 3.05) is 0 Å². The monoisotopic (exact) mass is 788 g/mol. The van der Waals surface area contributed by atoms with Crippen LogP contribution in [-0.2, 0) is 5.41 Å². The lowest BCUT2D eigenvalue weighted by Crippen LogP contribution is -2.25. The molecular formula is C58H36N4. The third-order valence-electron chi connectivity index (χ3n) is 13.1. The van der Waals surface area contributed by atoms with Gasteiger partial charge in [-0.25, -0.2) is 15.0 Å². The summed E-state index contributed by atoms with van der Waals surface area (Å²) in [5, 5.41) is 2.26. The second-order valence-electron chi connectivity index (χ2n) is 16.3. The van der Waals surface area contributed by atoms with Crippen molar-refractivity contribution in [3.63, 3.8) is 0 Å². The van der Waals surface area contributed by atoms with Crippen molar-refractivity contribution in [1.82, 2.24) is 19.5 Å². The zero-order valence-corrected chi connectivity index (χ0v) is 33.6. The molecule has 9 aromatic carbocycles. The molecular weight excluding hydrogens is 753 g/mol. The van der Waals surface area contributed by atoms with Gasteiger partial charge in [-0.1, -0.05) is 194 Å². The molecule has 1 spiro atoms. The van der Waals surface area contributed by atoms with E-state index in [1.807, 2.05) is 18.2 Å². The third kappa shape index (κ3) is 4.86. The van der Waals surface area contributed by atoms with Crippen LogP contribution < -0.4 is 0 Å². The summed E-state index contributed by atoms with van der Waals surface area (Å²) in [6.07, 6.45) is 0. The van der Waals surface area contributed by atoms with E-state index in [-0.39, 0.29) is 5.41 Å². The van der Waals surface area contributed by atoms with Crippen LogP contribution in [0, 0.1) is 0 Å². The molecule has 0 atom stereocenters. The predicted molar refractivity (Wildman–Crippen MR) is 252 cm³/mol. The van der Waals surface area contributed by atoms with Crippen LogP contribution in [0.25, 0.3) is 95.0 Å². The van der Waals surface area contributed by atoms with E-state index in [4.69, 9.17) is 15.0 Å². The van der Waals surface area contributed by atoms with Crippen molar-refractivity contribution < 1.29 is 0 Å². The zero-order chi connectivity index (χ0) is 40.8. The van der Waals surface area contributed by atoms with Gasteiger partial charge in [0.2, 0.25) is 0 Å². The van der Waals surface area contributed by atoms with E-state index >= 15 is 0 Å². The first-order valence-electron chi connectivity index (χ1n) is 21.2.